The van der Waals surface area contributed by atoms with E-state index in [1.165, 1.54) is 0 Å². The van der Waals surface area contributed by atoms with Crippen molar-refractivity contribution in [3.05, 3.63) is 43.7 Å². The molecule has 1 N–H and O–H groups in total. The number of benzene rings is 1. The molecule has 1 aliphatic carbocycles. The lowest BCUT2D eigenvalue weighted by Crippen LogP contribution is -2.11. The fourth-order valence-corrected chi connectivity index (χ4v) is 2.93. The van der Waals surface area contributed by atoms with Gasteiger partial charge in [0, 0.05) is 16.3 Å². The van der Waals surface area contributed by atoms with Gasteiger partial charge in [0.05, 0.1) is 15.9 Å². The normalized spacial score (nSPS) is 14.4. The first-order valence-electron chi connectivity index (χ1n) is 5.19. The Morgan fingerprint density at radius 3 is 2.81 bits per heavy atom. The smallest absolute Gasteiger partial charge is 0.194 e. The van der Waals surface area contributed by atoms with Crippen molar-refractivity contribution in [3.63, 3.8) is 0 Å². The molecule has 0 saturated carbocycles. The highest BCUT2D eigenvalue weighted by atomic mass is 35.5. The summed E-state index contributed by atoms with van der Waals surface area (Å²) < 4.78 is 0. The van der Waals surface area contributed by atoms with Gasteiger partial charge in [-0.3, -0.25) is 4.79 Å². The standard InChI is InChI=1S/C12H9Cl2NO/c13-6-4-8(14)11-10(5-6)15-9-3-1-2-7(9)12(11)16/h4-5H,1-3H2,(H,15,16). The van der Waals surface area contributed by atoms with Crippen molar-refractivity contribution in [2.75, 3.05) is 0 Å². The van der Waals surface area contributed by atoms with E-state index in [1.54, 1.807) is 12.1 Å². The average molecular weight is 254 g/mol. The lowest BCUT2D eigenvalue weighted by Gasteiger charge is -2.05. The predicted octanol–water partition coefficient (Wildman–Crippen LogP) is 3.32. The van der Waals surface area contributed by atoms with Crippen LogP contribution in [-0.4, -0.2) is 4.98 Å². The van der Waals surface area contributed by atoms with Crippen molar-refractivity contribution in [2.45, 2.75) is 19.3 Å². The molecule has 1 heterocycles. The minimum atomic E-state index is 0.0583. The summed E-state index contributed by atoms with van der Waals surface area (Å²) in [5.41, 5.74) is 2.72. The molecule has 0 spiro atoms. The molecule has 1 aromatic carbocycles. The van der Waals surface area contributed by atoms with Gasteiger partial charge in [0.25, 0.3) is 0 Å². The van der Waals surface area contributed by atoms with Gasteiger partial charge in [-0.05, 0) is 31.4 Å². The summed E-state index contributed by atoms with van der Waals surface area (Å²) in [5, 5.41) is 1.54. The third kappa shape index (κ3) is 1.37. The molecule has 0 fully saturated rings. The lowest BCUT2D eigenvalue weighted by atomic mass is 10.1. The summed E-state index contributed by atoms with van der Waals surface area (Å²) in [6.45, 7) is 0. The Balaban J connectivity index is 2.51. The van der Waals surface area contributed by atoms with E-state index in [2.05, 4.69) is 4.98 Å². The molecule has 0 unspecified atom stereocenters. The Labute approximate surface area is 102 Å². The Morgan fingerprint density at radius 2 is 2.00 bits per heavy atom. The Hall–Kier alpha value is -0.990. The maximum atomic E-state index is 12.2. The van der Waals surface area contributed by atoms with Crippen molar-refractivity contribution in [2.24, 2.45) is 0 Å². The SMILES string of the molecule is O=c1c2c([nH]c3cc(Cl)cc(Cl)c13)CCC2. The number of hydrogen-bond donors (Lipinski definition) is 1. The first-order chi connectivity index (χ1) is 7.66. The molecule has 0 atom stereocenters. The molecule has 0 saturated heterocycles. The van der Waals surface area contributed by atoms with Gasteiger partial charge in [0.1, 0.15) is 0 Å². The number of halogens is 2. The Bertz CT molecular complexity index is 645. The zero-order chi connectivity index (χ0) is 11.3. The zero-order valence-corrected chi connectivity index (χ0v) is 9.95. The van der Waals surface area contributed by atoms with Crippen molar-refractivity contribution < 1.29 is 0 Å². The van der Waals surface area contributed by atoms with E-state index in [1.807, 2.05) is 0 Å². The summed E-state index contributed by atoms with van der Waals surface area (Å²) in [5.74, 6) is 0. The fourth-order valence-electron chi connectivity index (χ4n) is 2.35. The van der Waals surface area contributed by atoms with Gasteiger partial charge in [-0.25, -0.2) is 0 Å². The van der Waals surface area contributed by atoms with E-state index in [9.17, 15) is 4.79 Å². The quantitative estimate of drug-likeness (QED) is 0.768. The van der Waals surface area contributed by atoms with Crippen LogP contribution in [0.1, 0.15) is 17.7 Å². The second kappa shape index (κ2) is 3.51. The van der Waals surface area contributed by atoms with Gasteiger partial charge < -0.3 is 4.98 Å². The van der Waals surface area contributed by atoms with Crippen LogP contribution in [0.3, 0.4) is 0 Å². The minimum Gasteiger partial charge on any atom is -0.358 e. The van der Waals surface area contributed by atoms with Crippen molar-refractivity contribution >= 4 is 34.1 Å². The summed E-state index contributed by atoms with van der Waals surface area (Å²) in [4.78, 5) is 15.5. The van der Waals surface area contributed by atoms with Gasteiger partial charge in [0.2, 0.25) is 0 Å². The highest BCUT2D eigenvalue weighted by molar-refractivity contribution is 6.38. The molecular formula is C12H9Cl2NO. The highest BCUT2D eigenvalue weighted by Crippen LogP contribution is 2.27. The van der Waals surface area contributed by atoms with Gasteiger partial charge in [-0.15, -0.1) is 0 Å². The van der Waals surface area contributed by atoms with Crippen LogP contribution in [0.15, 0.2) is 16.9 Å². The van der Waals surface area contributed by atoms with E-state index < -0.39 is 0 Å². The molecule has 16 heavy (non-hydrogen) atoms. The van der Waals surface area contributed by atoms with Crippen LogP contribution in [0.4, 0.5) is 0 Å². The van der Waals surface area contributed by atoms with Crippen molar-refractivity contribution in [1.29, 1.82) is 0 Å². The van der Waals surface area contributed by atoms with Gasteiger partial charge >= 0.3 is 0 Å². The summed E-state index contributed by atoms with van der Waals surface area (Å²) in [7, 11) is 0. The summed E-state index contributed by atoms with van der Waals surface area (Å²) in [6, 6.07) is 3.37. The maximum Gasteiger partial charge on any atom is 0.194 e. The second-order valence-corrected chi connectivity index (χ2v) is 4.92. The lowest BCUT2D eigenvalue weighted by molar-refractivity contribution is 0.900. The molecule has 0 aliphatic heterocycles. The van der Waals surface area contributed by atoms with Crippen LogP contribution >= 0.6 is 23.2 Å². The first kappa shape index (κ1) is 10.2. The van der Waals surface area contributed by atoms with Crippen LogP contribution < -0.4 is 5.43 Å². The molecule has 1 aromatic heterocycles. The van der Waals surface area contributed by atoms with Gasteiger partial charge in [-0.2, -0.15) is 0 Å². The van der Waals surface area contributed by atoms with E-state index in [-0.39, 0.29) is 5.43 Å². The average Bonchev–Trinajstić information content (AvgIpc) is 2.64. The van der Waals surface area contributed by atoms with E-state index in [0.717, 1.165) is 36.0 Å². The Kier molecular flexibility index (Phi) is 2.23. The molecule has 0 radical (unpaired) electrons. The number of aromatic nitrogens is 1. The number of pyridine rings is 1. The van der Waals surface area contributed by atoms with E-state index in [4.69, 9.17) is 23.2 Å². The van der Waals surface area contributed by atoms with Crippen LogP contribution in [-0.2, 0) is 12.8 Å². The van der Waals surface area contributed by atoms with Crippen LogP contribution in [0, 0.1) is 0 Å². The molecule has 1 aliphatic rings. The van der Waals surface area contributed by atoms with Crippen LogP contribution in [0.2, 0.25) is 10.0 Å². The van der Waals surface area contributed by atoms with Crippen molar-refractivity contribution in [1.82, 2.24) is 4.98 Å². The third-order valence-electron chi connectivity index (χ3n) is 3.06. The molecule has 0 amide bonds. The predicted molar refractivity (Wildman–Crippen MR) is 66.6 cm³/mol. The fraction of sp³-hybridized carbons (Fsp3) is 0.250. The van der Waals surface area contributed by atoms with E-state index >= 15 is 0 Å². The summed E-state index contributed by atoms with van der Waals surface area (Å²) in [6.07, 6.45) is 2.81. The minimum absolute atomic E-state index is 0.0583. The molecule has 4 heteroatoms. The highest BCUT2D eigenvalue weighted by Gasteiger charge is 2.18. The number of aryl methyl sites for hydroxylation is 1. The topological polar surface area (TPSA) is 32.9 Å². The van der Waals surface area contributed by atoms with Crippen molar-refractivity contribution in [3.8, 4) is 0 Å². The number of nitrogens with one attached hydrogen (secondary N) is 1. The maximum absolute atomic E-state index is 12.2. The molecule has 82 valence electrons. The number of aromatic amines is 1. The Morgan fingerprint density at radius 1 is 1.19 bits per heavy atom. The molecule has 2 aromatic rings. The monoisotopic (exact) mass is 253 g/mol. The van der Waals surface area contributed by atoms with Gasteiger partial charge in [-0.1, -0.05) is 23.2 Å². The van der Waals surface area contributed by atoms with Gasteiger partial charge in [0.15, 0.2) is 5.43 Å². The summed E-state index contributed by atoms with van der Waals surface area (Å²) >= 11 is 12.0. The van der Waals surface area contributed by atoms with Crippen LogP contribution in [0.25, 0.3) is 10.9 Å². The number of fused-ring (bicyclic) bond motifs is 2. The van der Waals surface area contributed by atoms with Crippen LogP contribution in [0.5, 0.6) is 0 Å². The molecule has 3 rings (SSSR count). The number of H-pyrrole nitrogens is 1. The number of hydrogen-bond acceptors (Lipinski definition) is 1. The van der Waals surface area contributed by atoms with E-state index in [0.29, 0.717) is 15.4 Å². The largest absolute Gasteiger partial charge is 0.358 e. The first-order valence-corrected chi connectivity index (χ1v) is 5.95. The third-order valence-corrected chi connectivity index (χ3v) is 3.58. The molecule has 0 bridgehead atoms. The zero-order valence-electron chi connectivity index (χ0n) is 8.44. The molecule has 2 nitrogen and oxygen atoms in total. The molecular weight excluding hydrogens is 245 g/mol. The number of rotatable bonds is 0. The second-order valence-electron chi connectivity index (χ2n) is 4.07.